The van der Waals surface area contributed by atoms with Crippen molar-refractivity contribution in [1.82, 2.24) is 4.98 Å². The molecule has 0 atom stereocenters. The van der Waals surface area contributed by atoms with E-state index in [-0.39, 0.29) is 22.0 Å². The highest BCUT2D eigenvalue weighted by Crippen LogP contribution is 2.39. The molecule has 0 unspecified atom stereocenters. The predicted molar refractivity (Wildman–Crippen MR) is 146 cm³/mol. The number of ketones is 1. The van der Waals surface area contributed by atoms with Crippen molar-refractivity contribution < 1.29 is 22.8 Å². The van der Waals surface area contributed by atoms with Crippen molar-refractivity contribution in [3.63, 3.8) is 0 Å². The molecule has 4 aromatic carbocycles. The van der Waals surface area contributed by atoms with Crippen LogP contribution in [0.25, 0.3) is 22.0 Å². The van der Waals surface area contributed by atoms with E-state index in [1.54, 1.807) is 78.9 Å². The number of anilines is 2. The van der Waals surface area contributed by atoms with Gasteiger partial charge in [-0.25, -0.2) is 4.79 Å². The molecule has 5 nitrogen and oxygen atoms in total. The zero-order chi connectivity index (χ0) is 27.6. The van der Waals surface area contributed by atoms with Gasteiger partial charge in [0, 0.05) is 34.0 Å². The highest BCUT2D eigenvalue weighted by molar-refractivity contribution is 6.33. The molecule has 2 amide bonds. The molecule has 0 bridgehead atoms. The third kappa shape index (κ3) is 5.46. The summed E-state index contributed by atoms with van der Waals surface area (Å²) in [5, 5.41) is 5.87. The molecule has 5 rings (SSSR count). The van der Waals surface area contributed by atoms with E-state index in [1.807, 2.05) is 0 Å². The van der Waals surface area contributed by atoms with Crippen LogP contribution in [0, 0.1) is 0 Å². The number of hydrogen-bond donors (Lipinski definition) is 2. The molecule has 5 aromatic rings. The van der Waals surface area contributed by atoms with Crippen LogP contribution in [0.2, 0.25) is 5.02 Å². The number of amides is 2. The monoisotopic (exact) mass is 545 g/mol. The predicted octanol–water partition coefficient (Wildman–Crippen LogP) is 8.45. The normalized spacial score (nSPS) is 11.3. The first kappa shape index (κ1) is 25.9. The van der Waals surface area contributed by atoms with Gasteiger partial charge in [0.05, 0.1) is 21.8 Å². The first-order valence-corrected chi connectivity index (χ1v) is 12.1. The van der Waals surface area contributed by atoms with E-state index in [0.717, 1.165) is 6.07 Å². The number of para-hydroxylation sites is 2. The van der Waals surface area contributed by atoms with E-state index in [2.05, 4.69) is 15.6 Å². The van der Waals surface area contributed by atoms with Crippen LogP contribution in [0.1, 0.15) is 21.5 Å². The molecule has 1 aromatic heterocycles. The van der Waals surface area contributed by atoms with Crippen LogP contribution in [0.3, 0.4) is 0 Å². The number of aromatic nitrogens is 1. The minimum atomic E-state index is -4.64. The number of rotatable bonds is 5. The quantitative estimate of drug-likeness (QED) is 0.218. The topological polar surface area (TPSA) is 71.1 Å². The van der Waals surface area contributed by atoms with Gasteiger partial charge in [-0.2, -0.15) is 13.2 Å². The smallest absolute Gasteiger partial charge is 0.308 e. The molecule has 0 aliphatic carbocycles. The number of urea groups is 1. The third-order valence-corrected chi connectivity index (χ3v) is 6.34. The zero-order valence-electron chi connectivity index (χ0n) is 20.1. The fraction of sp³-hybridized carbons (Fsp3) is 0.0333. The first-order chi connectivity index (χ1) is 18.7. The summed E-state index contributed by atoms with van der Waals surface area (Å²) in [6.45, 7) is 0. The summed E-state index contributed by atoms with van der Waals surface area (Å²) in [5.74, 6) is -0.396. The third-order valence-electron chi connectivity index (χ3n) is 6.01. The summed E-state index contributed by atoms with van der Waals surface area (Å²) in [4.78, 5) is 30.2. The van der Waals surface area contributed by atoms with Crippen LogP contribution in [-0.4, -0.2) is 16.8 Å². The lowest BCUT2D eigenvalue weighted by Crippen LogP contribution is -2.19. The van der Waals surface area contributed by atoms with E-state index in [0.29, 0.717) is 27.5 Å². The fourth-order valence-electron chi connectivity index (χ4n) is 4.28. The van der Waals surface area contributed by atoms with Crippen LogP contribution in [0.5, 0.6) is 0 Å². The molecule has 2 N–H and O–H groups in total. The summed E-state index contributed by atoms with van der Waals surface area (Å²) < 4.78 is 41.5. The van der Waals surface area contributed by atoms with Gasteiger partial charge in [-0.1, -0.05) is 78.3 Å². The minimum Gasteiger partial charge on any atom is -0.308 e. The number of halogens is 4. The SMILES string of the molecule is O=C(Nc1cccc(-c2c(C(=O)c3ccccc3)cnc3c(C(F)(F)F)cccc23)c1)Nc1ccccc1Cl. The number of nitrogens with zero attached hydrogens (tertiary/aromatic N) is 1. The van der Waals surface area contributed by atoms with E-state index < -0.39 is 23.6 Å². The van der Waals surface area contributed by atoms with Gasteiger partial charge in [-0.15, -0.1) is 0 Å². The number of benzene rings is 4. The highest BCUT2D eigenvalue weighted by Gasteiger charge is 2.34. The Morgan fingerprint density at radius 2 is 1.51 bits per heavy atom. The maximum absolute atomic E-state index is 13.8. The van der Waals surface area contributed by atoms with E-state index in [4.69, 9.17) is 11.6 Å². The van der Waals surface area contributed by atoms with Gasteiger partial charge in [-0.05, 0) is 35.9 Å². The second kappa shape index (κ2) is 10.6. The number of alkyl halides is 3. The molecule has 0 aliphatic rings. The van der Waals surface area contributed by atoms with Gasteiger partial charge >= 0.3 is 12.2 Å². The van der Waals surface area contributed by atoms with Gasteiger partial charge in [0.2, 0.25) is 0 Å². The van der Waals surface area contributed by atoms with E-state index in [9.17, 15) is 22.8 Å². The lowest BCUT2D eigenvalue weighted by molar-refractivity contribution is -0.136. The minimum absolute atomic E-state index is 0.130. The van der Waals surface area contributed by atoms with Crippen molar-refractivity contribution in [1.29, 1.82) is 0 Å². The lowest BCUT2D eigenvalue weighted by atomic mass is 9.91. The van der Waals surface area contributed by atoms with Crippen LogP contribution in [0.4, 0.5) is 29.3 Å². The highest BCUT2D eigenvalue weighted by atomic mass is 35.5. The average Bonchev–Trinajstić information content (AvgIpc) is 2.93. The fourth-order valence-corrected chi connectivity index (χ4v) is 4.46. The van der Waals surface area contributed by atoms with Crippen molar-refractivity contribution in [3.05, 3.63) is 125 Å². The molecule has 0 saturated carbocycles. The second-order valence-corrected chi connectivity index (χ2v) is 8.99. The summed E-state index contributed by atoms with van der Waals surface area (Å²) in [7, 11) is 0. The number of fused-ring (bicyclic) bond motifs is 1. The Labute approximate surface area is 226 Å². The number of carbonyl (C=O) groups is 2. The Morgan fingerprint density at radius 1 is 0.795 bits per heavy atom. The molecule has 9 heteroatoms. The Balaban J connectivity index is 1.62. The summed E-state index contributed by atoms with van der Waals surface area (Å²) in [5.41, 5.74) is 0.765. The molecule has 194 valence electrons. The largest absolute Gasteiger partial charge is 0.418 e. The molecule has 0 fully saturated rings. The van der Waals surface area contributed by atoms with Crippen molar-refractivity contribution in [2.24, 2.45) is 0 Å². The Morgan fingerprint density at radius 3 is 2.26 bits per heavy atom. The van der Waals surface area contributed by atoms with Gasteiger partial charge in [0.15, 0.2) is 5.78 Å². The summed E-state index contributed by atoms with van der Waals surface area (Å²) in [6.07, 6.45) is -3.47. The zero-order valence-corrected chi connectivity index (χ0v) is 20.8. The van der Waals surface area contributed by atoms with E-state index in [1.165, 1.54) is 18.3 Å². The first-order valence-electron chi connectivity index (χ1n) is 11.7. The molecule has 1 heterocycles. The Kier molecular flexibility index (Phi) is 7.04. The number of nitrogens with one attached hydrogen (secondary N) is 2. The Bertz CT molecular complexity index is 1710. The maximum atomic E-state index is 13.8. The van der Waals surface area contributed by atoms with Crippen molar-refractivity contribution in [2.75, 3.05) is 10.6 Å². The molecular weight excluding hydrogens is 527 g/mol. The molecule has 0 radical (unpaired) electrons. The average molecular weight is 546 g/mol. The van der Waals surface area contributed by atoms with Crippen molar-refractivity contribution in [3.8, 4) is 11.1 Å². The summed E-state index contributed by atoms with van der Waals surface area (Å²) >= 11 is 6.11. The van der Waals surface area contributed by atoms with Crippen molar-refractivity contribution in [2.45, 2.75) is 6.18 Å². The van der Waals surface area contributed by atoms with E-state index >= 15 is 0 Å². The number of hydrogen-bond acceptors (Lipinski definition) is 3. The molecular formula is C30H19ClF3N3O2. The Hall–Kier alpha value is -4.69. The number of pyridine rings is 1. The summed E-state index contributed by atoms with van der Waals surface area (Å²) in [6, 6.07) is 24.8. The number of carbonyl (C=O) groups excluding carboxylic acids is 2. The molecule has 0 spiro atoms. The van der Waals surface area contributed by atoms with Crippen molar-refractivity contribution >= 4 is 45.7 Å². The van der Waals surface area contributed by atoms with Gasteiger partial charge in [0.1, 0.15) is 0 Å². The molecule has 0 aliphatic heterocycles. The van der Waals surface area contributed by atoms with Crippen LogP contribution in [-0.2, 0) is 6.18 Å². The standard InChI is InChI=1S/C30H19ClF3N3O2/c31-24-14-4-5-15-25(24)37-29(39)36-20-11-6-10-19(16-20)26-21-12-7-13-23(30(32,33)34)27(21)35-17-22(26)28(38)18-8-2-1-3-9-18/h1-17H,(H2,36,37,39). The van der Waals surface area contributed by atoms with Gasteiger partial charge < -0.3 is 10.6 Å². The second-order valence-electron chi connectivity index (χ2n) is 8.58. The van der Waals surface area contributed by atoms with Gasteiger partial charge in [0.25, 0.3) is 0 Å². The molecule has 0 saturated heterocycles. The maximum Gasteiger partial charge on any atom is 0.418 e. The van der Waals surface area contributed by atoms with Crippen LogP contribution in [0.15, 0.2) is 103 Å². The van der Waals surface area contributed by atoms with Crippen LogP contribution >= 0.6 is 11.6 Å². The lowest BCUT2D eigenvalue weighted by Gasteiger charge is -2.16. The van der Waals surface area contributed by atoms with Gasteiger partial charge in [-0.3, -0.25) is 9.78 Å². The molecule has 39 heavy (non-hydrogen) atoms. The van der Waals surface area contributed by atoms with Crippen LogP contribution < -0.4 is 10.6 Å².